The molecule has 0 saturated heterocycles. The summed E-state index contributed by atoms with van der Waals surface area (Å²) in [4.78, 5) is 0. The van der Waals surface area contributed by atoms with Gasteiger partial charge in [0.05, 0.1) is 45.4 Å². The van der Waals surface area contributed by atoms with Gasteiger partial charge in [0, 0.05) is 49.4 Å². The van der Waals surface area contributed by atoms with Gasteiger partial charge in [-0.25, -0.2) is 0 Å². The van der Waals surface area contributed by atoms with Crippen molar-refractivity contribution in [1.82, 2.24) is 13.7 Å². The average molecular weight is 583 g/mol. The monoisotopic (exact) mass is 582 g/mol. The number of hydrogen-bond acceptors (Lipinski definition) is 0. The van der Waals surface area contributed by atoms with E-state index in [0.29, 0.717) is 27.5 Å². The van der Waals surface area contributed by atoms with Crippen LogP contribution in [-0.2, 0) is 0 Å². The Bertz CT molecular complexity index is 3200. The molecule has 10 aromatic rings. The van der Waals surface area contributed by atoms with Crippen molar-refractivity contribution in [1.29, 1.82) is 0 Å². The van der Waals surface area contributed by atoms with Gasteiger partial charge in [0.1, 0.15) is 0 Å². The third-order valence-corrected chi connectivity index (χ3v) is 8.81. The van der Waals surface area contributed by atoms with Crippen molar-refractivity contribution in [2.45, 2.75) is 0 Å². The minimum absolute atomic E-state index is 0.0113. The summed E-state index contributed by atoms with van der Waals surface area (Å²) < 4.78 is 86.2. The largest absolute Gasteiger partial charge is 0.309 e. The van der Waals surface area contributed by atoms with Crippen LogP contribution in [0.5, 0.6) is 0 Å². The molecule has 10 rings (SSSR count). The van der Waals surface area contributed by atoms with E-state index in [1.807, 2.05) is 118 Å². The van der Waals surface area contributed by atoms with Gasteiger partial charge in [-0.1, -0.05) is 103 Å². The molecule has 210 valence electrons. The number of aromatic nitrogens is 3. The Hall–Kier alpha value is -6.06. The fourth-order valence-electron chi connectivity index (χ4n) is 7.05. The molecule has 7 aromatic carbocycles. The fourth-order valence-corrected chi connectivity index (χ4v) is 7.05. The van der Waals surface area contributed by atoms with Gasteiger partial charge in [-0.15, -0.1) is 0 Å². The van der Waals surface area contributed by atoms with Gasteiger partial charge in [0.25, 0.3) is 0 Å². The zero-order valence-corrected chi connectivity index (χ0v) is 23.7. The van der Waals surface area contributed by atoms with Crippen molar-refractivity contribution in [3.8, 4) is 17.1 Å². The molecule has 0 aliphatic heterocycles. The minimum Gasteiger partial charge on any atom is -0.309 e. The van der Waals surface area contributed by atoms with E-state index < -0.39 is 18.1 Å². The molecular formula is C42H27N3. The first kappa shape index (κ1) is 17.3. The van der Waals surface area contributed by atoms with E-state index >= 15 is 0 Å². The first-order chi connectivity index (χ1) is 26.1. The molecule has 3 aromatic heterocycles. The molecule has 0 bridgehead atoms. The number of hydrogen-bond donors (Lipinski definition) is 0. The molecule has 0 amide bonds. The zero-order chi connectivity index (χ0) is 37.3. The minimum atomic E-state index is -0.480. The van der Waals surface area contributed by atoms with Crippen molar-refractivity contribution in [2.75, 3.05) is 0 Å². The van der Waals surface area contributed by atoms with Gasteiger partial charge >= 0.3 is 0 Å². The van der Waals surface area contributed by atoms with E-state index in [4.69, 9.17) is 6.85 Å². The topological polar surface area (TPSA) is 14.8 Å². The second-order valence-electron chi connectivity index (χ2n) is 11.1. The lowest BCUT2D eigenvalue weighted by Gasteiger charge is -2.13. The SMILES string of the molecule is [2H]c1c([2H])c([2H])c(-n2c3ccccc3c3c2ccc2c4ccccc4n(-c4c([2H])c([2H])c([2H])c(-n5c6ccccc6c6ccccc65)c4[2H])c23)c([2H])c1[2H]. The summed E-state index contributed by atoms with van der Waals surface area (Å²) in [5, 5.41) is 4.94. The summed E-state index contributed by atoms with van der Waals surface area (Å²) in [6.45, 7) is 0. The highest BCUT2D eigenvalue weighted by Gasteiger charge is 2.21. The molecule has 0 unspecified atom stereocenters. The predicted octanol–water partition coefficient (Wildman–Crippen LogP) is 11.0. The first-order valence-electron chi connectivity index (χ1n) is 19.2. The Kier molecular flexibility index (Phi) is 3.54. The van der Waals surface area contributed by atoms with Crippen LogP contribution in [0.25, 0.3) is 82.5 Å². The lowest BCUT2D eigenvalue weighted by Crippen LogP contribution is -1.99. The number of para-hydroxylation sites is 5. The van der Waals surface area contributed by atoms with Crippen LogP contribution < -0.4 is 0 Å². The van der Waals surface area contributed by atoms with Crippen LogP contribution in [-0.4, -0.2) is 13.7 Å². The van der Waals surface area contributed by atoms with Crippen LogP contribution in [0, 0.1) is 0 Å². The van der Waals surface area contributed by atoms with Crippen molar-refractivity contribution < 1.29 is 12.3 Å². The van der Waals surface area contributed by atoms with Crippen LogP contribution in [0.1, 0.15) is 12.3 Å². The number of nitrogens with zero attached hydrogens (tertiary/aromatic N) is 3. The maximum absolute atomic E-state index is 9.93. The second-order valence-corrected chi connectivity index (χ2v) is 11.1. The number of rotatable bonds is 3. The maximum Gasteiger partial charge on any atom is 0.0667 e. The summed E-state index contributed by atoms with van der Waals surface area (Å²) in [6.07, 6.45) is 0. The van der Waals surface area contributed by atoms with E-state index in [1.54, 1.807) is 4.57 Å². The summed E-state index contributed by atoms with van der Waals surface area (Å²) in [5.74, 6) is 0. The molecule has 0 aliphatic carbocycles. The van der Waals surface area contributed by atoms with Gasteiger partial charge in [-0.05, 0) is 60.5 Å². The number of benzene rings is 7. The molecule has 3 heterocycles. The molecule has 0 aliphatic rings. The molecule has 0 atom stereocenters. The Balaban J connectivity index is 1.41. The van der Waals surface area contributed by atoms with Crippen LogP contribution in [0.2, 0.25) is 0 Å². The lowest BCUT2D eigenvalue weighted by atomic mass is 10.1. The maximum atomic E-state index is 9.93. The van der Waals surface area contributed by atoms with E-state index in [0.717, 1.165) is 38.0 Å². The highest BCUT2D eigenvalue weighted by Crippen LogP contribution is 2.42. The molecule has 0 spiro atoms. The summed E-state index contributed by atoms with van der Waals surface area (Å²) >= 11 is 0. The highest BCUT2D eigenvalue weighted by atomic mass is 15.0. The van der Waals surface area contributed by atoms with Gasteiger partial charge in [0.15, 0.2) is 0 Å². The van der Waals surface area contributed by atoms with Gasteiger partial charge in [0.2, 0.25) is 0 Å². The Morgan fingerprint density at radius 2 is 0.822 bits per heavy atom. The van der Waals surface area contributed by atoms with E-state index in [-0.39, 0.29) is 53.3 Å². The average Bonchev–Trinajstić information content (AvgIpc) is 3.82. The van der Waals surface area contributed by atoms with Gasteiger partial charge in [-0.3, -0.25) is 0 Å². The predicted molar refractivity (Wildman–Crippen MR) is 189 cm³/mol. The van der Waals surface area contributed by atoms with Crippen molar-refractivity contribution in [3.05, 3.63) is 164 Å². The smallest absolute Gasteiger partial charge is 0.0667 e. The standard InChI is InChI=1S/C42H27N3/c1-2-13-28(14-3-1)43-39-24-11-7-20-35(39)41-40(43)26-25-34-33-19-6-10-23-38(33)45(42(34)41)30-16-12-15-29(27-30)44-36-21-8-4-17-31(36)32-18-5-9-22-37(32)44/h1-27H/i1D,2D,3D,12D,13D,14D,15D,16D,27D. The Morgan fingerprint density at radius 1 is 0.356 bits per heavy atom. The fraction of sp³-hybridized carbons (Fsp3) is 0. The molecule has 3 nitrogen and oxygen atoms in total. The second kappa shape index (κ2) is 9.22. The normalized spacial score (nSPS) is 14.8. The third-order valence-electron chi connectivity index (χ3n) is 8.81. The third kappa shape index (κ3) is 3.35. The first-order valence-corrected chi connectivity index (χ1v) is 14.7. The Labute approximate surface area is 272 Å². The highest BCUT2D eigenvalue weighted by molar-refractivity contribution is 6.26. The zero-order valence-electron chi connectivity index (χ0n) is 32.7. The van der Waals surface area contributed by atoms with E-state index in [1.165, 1.54) is 0 Å². The number of fused-ring (bicyclic) bond motifs is 10. The Morgan fingerprint density at radius 3 is 1.47 bits per heavy atom. The molecule has 3 heteroatoms. The van der Waals surface area contributed by atoms with Crippen LogP contribution in [0.15, 0.2) is 164 Å². The van der Waals surface area contributed by atoms with E-state index in [2.05, 4.69) is 0 Å². The van der Waals surface area contributed by atoms with Crippen LogP contribution in [0.4, 0.5) is 0 Å². The quantitative estimate of drug-likeness (QED) is 0.197. The van der Waals surface area contributed by atoms with Crippen molar-refractivity contribution >= 4 is 65.4 Å². The summed E-state index contributed by atoms with van der Waals surface area (Å²) in [5.41, 5.74) is 4.36. The molecule has 0 radical (unpaired) electrons. The molecular weight excluding hydrogens is 546 g/mol. The van der Waals surface area contributed by atoms with Crippen LogP contribution >= 0.6 is 0 Å². The van der Waals surface area contributed by atoms with E-state index in [9.17, 15) is 5.48 Å². The van der Waals surface area contributed by atoms with Crippen molar-refractivity contribution in [3.63, 3.8) is 0 Å². The van der Waals surface area contributed by atoms with Crippen LogP contribution in [0.3, 0.4) is 0 Å². The summed E-state index contributed by atoms with van der Waals surface area (Å²) in [7, 11) is 0. The van der Waals surface area contributed by atoms with Gasteiger partial charge in [-0.2, -0.15) is 0 Å². The molecule has 0 saturated carbocycles. The lowest BCUT2D eigenvalue weighted by molar-refractivity contribution is 1.14. The molecule has 0 fully saturated rings. The molecule has 0 N–H and O–H groups in total. The van der Waals surface area contributed by atoms with Gasteiger partial charge < -0.3 is 13.7 Å². The molecule has 45 heavy (non-hydrogen) atoms. The summed E-state index contributed by atoms with van der Waals surface area (Å²) in [6, 6.07) is 31.5. The van der Waals surface area contributed by atoms with Crippen molar-refractivity contribution in [2.24, 2.45) is 0 Å².